The number of fused-ring (bicyclic) bond motifs is 5. The monoisotopic (exact) mass is 655 g/mol. The molecule has 2 aliphatic heterocycles. The molecule has 1 aliphatic carbocycles. The lowest BCUT2D eigenvalue weighted by Gasteiger charge is -2.46. The smallest absolute Gasteiger partial charge is 0.250 e. The molecule has 0 fully saturated rings. The van der Waals surface area contributed by atoms with Crippen molar-refractivity contribution < 1.29 is 0 Å². The van der Waals surface area contributed by atoms with E-state index in [1.807, 2.05) is 0 Å². The number of nitrogens with zero attached hydrogens (tertiary/aromatic N) is 3. The van der Waals surface area contributed by atoms with Crippen molar-refractivity contribution in [1.82, 2.24) is 4.98 Å². The van der Waals surface area contributed by atoms with Gasteiger partial charge in [0.2, 0.25) is 0 Å². The molecule has 3 heterocycles. The summed E-state index contributed by atoms with van der Waals surface area (Å²) in [6.07, 6.45) is 2.21. The fourth-order valence-electron chi connectivity index (χ4n) is 8.64. The zero-order valence-electron chi connectivity index (χ0n) is 31.7. The van der Waals surface area contributed by atoms with E-state index in [0.29, 0.717) is 5.92 Å². The Morgan fingerprint density at radius 2 is 1.30 bits per heavy atom. The van der Waals surface area contributed by atoms with Gasteiger partial charge >= 0.3 is 0 Å². The van der Waals surface area contributed by atoms with E-state index < -0.39 is 0 Å². The molecule has 0 spiro atoms. The molecule has 0 radical (unpaired) electrons. The van der Waals surface area contributed by atoms with Crippen LogP contribution in [0.2, 0.25) is 0 Å². The summed E-state index contributed by atoms with van der Waals surface area (Å²) in [6.45, 7) is 25.4. The normalized spacial score (nSPS) is 16.0. The largest absolute Gasteiger partial charge is 0.311 e. The van der Waals surface area contributed by atoms with Gasteiger partial charge in [0, 0.05) is 62.4 Å². The maximum atomic E-state index is 5.23. The Hall–Kier alpha value is -4.57. The number of benzene rings is 4. The van der Waals surface area contributed by atoms with Gasteiger partial charge in [0.15, 0.2) is 0 Å². The third-order valence-corrected chi connectivity index (χ3v) is 11.4. The van der Waals surface area contributed by atoms with Gasteiger partial charge in [-0.2, -0.15) is 0 Å². The summed E-state index contributed by atoms with van der Waals surface area (Å²) in [7, 11) is 0. The molecular formula is C46H50BN3. The van der Waals surface area contributed by atoms with Crippen LogP contribution < -0.4 is 20.7 Å². The lowest BCUT2D eigenvalue weighted by molar-refractivity contribution is 0.569. The number of hydrogen-bond donors (Lipinski definition) is 0. The highest BCUT2D eigenvalue weighted by molar-refractivity contribution is 6.96. The van der Waals surface area contributed by atoms with Crippen LogP contribution in [0.1, 0.15) is 109 Å². The first kappa shape index (κ1) is 32.6. The number of aryl methyl sites for hydroxylation is 1. The van der Waals surface area contributed by atoms with Gasteiger partial charge in [-0.15, -0.1) is 0 Å². The Morgan fingerprint density at radius 1 is 0.700 bits per heavy atom. The third kappa shape index (κ3) is 4.82. The second-order valence-corrected chi connectivity index (χ2v) is 17.7. The predicted octanol–water partition coefficient (Wildman–Crippen LogP) is 10.9. The molecule has 3 nitrogen and oxygen atoms in total. The summed E-state index contributed by atoms with van der Waals surface area (Å²) < 4.78 is 0. The van der Waals surface area contributed by atoms with E-state index in [1.165, 1.54) is 78.3 Å². The molecule has 0 amide bonds. The van der Waals surface area contributed by atoms with Crippen molar-refractivity contribution in [3.8, 4) is 0 Å². The molecular weight excluding hydrogens is 605 g/mol. The van der Waals surface area contributed by atoms with Crippen molar-refractivity contribution in [2.45, 2.75) is 98.3 Å². The summed E-state index contributed by atoms with van der Waals surface area (Å²) in [5.41, 5.74) is 19.1. The first-order valence-electron chi connectivity index (χ1n) is 18.4. The highest BCUT2D eigenvalue weighted by Gasteiger charge is 2.53. The topological polar surface area (TPSA) is 19.4 Å². The van der Waals surface area contributed by atoms with E-state index in [-0.39, 0.29) is 23.0 Å². The zero-order chi connectivity index (χ0) is 35.5. The molecule has 0 atom stereocenters. The summed E-state index contributed by atoms with van der Waals surface area (Å²) in [5, 5.41) is 0. The van der Waals surface area contributed by atoms with E-state index in [9.17, 15) is 0 Å². The van der Waals surface area contributed by atoms with Crippen LogP contribution in [0.15, 0.2) is 103 Å². The Kier molecular flexibility index (Phi) is 7.16. The highest BCUT2D eigenvalue weighted by Crippen LogP contribution is 2.56. The van der Waals surface area contributed by atoms with Crippen molar-refractivity contribution in [2.75, 3.05) is 9.80 Å². The minimum absolute atomic E-state index is 0.0609. The summed E-state index contributed by atoms with van der Waals surface area (Å²) in [5.74, 6) is 0.473. The maximum absolute atomic E-state index is 5.23. The molecule has 3 aliphatic rings. The molecule has 0 unspecified atom stereocenters. The van der Waals surface area contributed by atoms with Gasteiger partial charge in [-0.25, -0.2) is 0 Å². The van der Waals surface area contributed by atoms with Gasteiger partial charge < -0.3 is 9.80 Å². The SMILES string of the molecule is Cc1cc2c3c(c1)N(c1ccc(C(C)C)cc1)c1cc(C(C)(C)C)ncc1B3C1=C(c3ccccc3C1(C)C)N2c1ccc(C(C)(C)C)cc1. The van der Waals surface area contributed by atoms with E-state index in [0.717, 1.165) is 5.69 Å². The Morgan fingerprint density at radius 3 is 1.92 bits per heavy atom. The van der Waals surface area contributed by atoms with Crippen molar-refractivity contribution in [1.29, 1.82) is 0 Å². The minimum atomic E-state index is -0.193. The molecule has 4 aromatic carbocycles. The maximum Gasteiger partial charge on any atom is 0.250 e. The summed E-state index contributed by atoms with van der Waals surface area (Å²) >= 11 is 0. The Labute approximate surface area is 300 Å². The van der Waals surface area contributed by atoms with Gasteiger partial charge in [-0.1, -0.05) is 123 Å². The molecule has 0 bridgehead atoms. The molecule has 1 aromatic heterocycles. The standard InChI is InChI=1S/C46H50BN3/c1-28(2)30-16-20-32(21-17-30)49-37-26-40(45(7,8)9)48-27-36(37)47-41-38(49)24-29(3)25-39(41)50(33-22-18-31(19-23-33)44(4,5)6)42-34-14-12-13-15-35(34)46(10,11)43(42)47/h12-28H,1-11H3. The van der Waals surface area contributed by atoms with Gasteiger partial charge in [0.05, 0.1) is 0 Å². The van der Waals surface area contributed by atoms with Gasteiger partial charge in [0.25, 0.3) is 6.71 Å². The molecule has 4 heteroatoms. The zero-order valence-corrected chi connectivity index (χ0v) is 31.7. The van der Waals surface area contributed by atoms with Gasteiger partial charge in [-0.05, 0) is 93.9 Å². The van der Waals surface area contributed by atoms with E-state index in [4.69, 9.17) is 4.98 Å². The Bertz CT molecular complexity index is 2190. The van der Waals surface area contributed by atoms with Crippen LogP contribution in [0.25, 0.3) is 5.70 Å². The predicted molar refractivity (Wildman–Crippen MR) is 215 cm³/mol. The van der Waals surface area contributed by atoms with Crippen LogP contribution in [0, 0.1) is 6.92 Å². The second-order valence-electron chi connectivity index (χ2n) is 17.7. The lowest BCUT2D eigenvalue weighted by atomic mass is 9.30. The first-order valence-corrected chi connectivity index (χ1v) is 18.4. The fourth-order valence-corrected chi connectivity index (χ4v) is 8.64. The average Bonchev–Trinajstić information content (AvgIpc) is 3.30. The minimum Gasteiger partial charge on any atom is -0.311 e. The first-order chi connectivity index (χ1) is 23.6. The van der Waals surface area contributed by atoms with E-state index in [1.54, 1.807) is 0 Å². The van der Waals surface area contributed by atoms with Crippen molar-refractivity contribution >= 4 is 51.8 Å². The van der Waals surface area contributed by atoms with Crippen molar-refractivity contribution in [2.24, 2.45) is 0 Å². The lowest BCUT2D eigenvalue weighted by Crippen LogP contribution is -2.58. The number of allylic oxidation sites excluding steroid dienone is 1. The molecule has 252 valence electrons. The van der Waals surface area contributed by atoms with Crippen LogP contribution in [0.5, 0.6) is 0 Å². The number of pyridine rings is 1. The van der Waals surface area contributed by atoms with Gasteiger partial charge in [-0.3, -0.25) is 4.98 Å². The van der Waals surface area contributed by atoms with Crippen LogP contribution in [-0.2, 0) is 16.2 Å². The van der Waals surface area contributed by atoms with Gasteiger partial charge in [0.1, 0.15) is 0 Å². The molecule has 0 saturated heterocycles. The summed E-state index contributed by atoms with van der Waals surface area (Å²) in [4.78, 5) is 10.3. The number of anilines is 5. The number of hydrogen-bond acceptors (Lipinski definition) is 3. The third-order valence-electron chi connectivity index (χ3n) is 11.4. The van der Waals surface area contributed by atoms with E-state index in [2.05, 4.69) is 183 Å². The second kappa shape index (κ2) is 11.0. The molecule has 8 rings (SSSR count). The number of aromatic nitrogens is 1. The molecule has 0 saturated carbocycles. The molecule has 0 N–H and O–H groups in total. The van der Waals surface area contributed by atoms with Crippen LogP contribution >= 0.6 is 0 Å². The fraction of sp³-hybridized carbons (Fsp3) is 0.326. The van der Waals surface area contributed by atoms with Crippen LogP contribution in [-0.4, -0.2) is 11.7 Å². The average molecular weight is 656 g/mol. The molecule has 5 aromatic rings. The Balaban J connectivity index is 1.48. The van der Waals surface area contributed by atoms with Crippen LogP contribution in [0.4, 0.5) is 28.4 Å². The molecule has 50 heavy (non-hydrogen) atoms. The quantitative estimate of drug-likeness (QED) is 0.180. The number of rotatable bonds is 3. The summed E-state index contributed by atoms with van der Waals surface area (Å²) in [6, 6.07) is 34.9. The van der Waals surface area contributed by atoms with Crippen molar-refractivity contribution in [3.05, 3.63) is 136 Å². The van der Waals surface area contributed by atoms with Crippen molar-refractivity contribution in [3.63, 3.8) is 0 Å². The van der Waals surface area contributed by atoms with E-state index >= 15 is 0 Å². The highest BCUT2D eigenvalue weighted by atomic mass is 15.2. The van der Waals surface area contributed by atoms with Crippen LogP contribution in [0.3, 0.4) is 0 Å².